The highest BCUT2D eigenvalue weighted by atomic mass is 35.6. The molecule has 0 fully saturated rings. The molecule has 0 aliphatic heterocycles. The minimum Gasteiger partial charge on any atom is -0.305 e. The van der Waals surface area contributed by atoms with Gasteiger partial charge < -0.3 is 9.13 Å². The van der Waals surface area contributed by atoms with Gasteiger partial charge in [-0.3, -0.25) is 0 Å². The van der Waals surface area contributed by atoms with Crippen LogP contribution in [0.2, 0.25) is 6.04 Å². The molecule has 4 heteroatoms. The zero-order chi connectivity index (χ0) is 9.07. The summed E-state index contributed by atoms with van der Waals surface area (Å²) in [5.74, 6) is 0. The van der Waals surface area contributed by atoms with Gasteiger partial charge in [0, 0.05) is 0 Å². The van der Waals surface area contributed by atoms with Gasteiger partial charge in [0.05, 0.1) is 0 Å². The molecule has 2 nitrogen and oxygen atoms in total. The van der Waals surface area contributed by atoms with Gasteiger partial charge in [0.25, 0.3) is 0 Å². The van der Waals surface area contributed by atoms with Crippen LogP contribution in [0, 0.1) is 0 Å². The van der Waals surface area contributed by atoms with Gasteiger partial charge in [0.1, 0.15) is 0 Å². The Kier molecular flexibility index (Phi) is 4.62. The molecule has 0 unspecified atom stereocenters. The number of rotatable bonds is 4. The van der Waals surface area contributed by atoms with E-state index in [1.807, 2.05) is 0 Å². The van der Waals surface area contributed by atoms with Gasteiger partial charge in [0.15, 0.2) is 0 Å². The number of hydrogen-bond donors (Lipinski definition) is 0. The zero-order valence-corrected chi connectivity index (χ0v) is 9.94. The predicted molar refractivity (Wildman–Crippen MR) is 54.1 cm³/mol. The molecule has 0 atom stereocenters. The average molecular weight is 195 g/mol. The monoisotopic (exact) mass is 194 g/mol. The number of halogens is 1. The van der Waals surface area contributed by atoms with Crippen molar-refractivity contribution < 1.29 is 0 Å². The van der Waals surface area contributed by atoms with Crippen molar-refractivity contribution in [2.45, 2.75) is 19.4 Å². The van der Waals surface area contributed by atoms with Crippen LogP contribution in [0.25, 0.3) is 0 Å². The SMILES string of the molecule is CCC[Si](Cl)(N(C)C)N(C)C. The normalized spacial score (nSPS) is 13.1. The van der Waals surface area contributed by atoms with Crippen molar-refractivity contribution in [3.8, 4) is 0 Å². The fraction of sp³-hybridized carbons (Fsp3) is 1.00. The highest BCUT2D eigenvalue weighted by Gasteiger charge is 2.36. The molecule has 0 aliphatic rings. The van der Waals surface area contributed by atoms with E-state index in [1.165, 1.54) is 0 Å². The van der Waals surface area contributed by atoms with E-state index < -0.39 is 7.71 Å². The van der Waals surface area contributed by atoms with Crippen LogP contribution < -0.4 is 0 Å². The number of hydrogen-bond acceptors (Lipinski definition) is 2. The minimum atomic E-state index is -1.77. The van der Waals surface area contributed by atoms with Crippen LogP contribution in [0.1, 0.15) is 13.3 Å². The first-order chi connectivity index (χ1) is 4.95. The van der Waals surface area contributed by atoms with E-state index in [2.05, 4.69) is 44.2 Å². The molecule has 11 heavy (non-hydrogen) atoms. The summed E-state index contributed by atoms with van der Waals surface area (Å²) in [5, 5.41) is 0. The molecule has 0 bridgehead atoms. The second kappa shape index (κ2) is 4.45. The first-order valence-corrected chi connectivity index (χ1v) is 7.10. The standard InChI is InChI=1S/C7H19ClN2Si/c1-6-7-11(8,9(2)3)10(4)5/h6-7H2,1-5H3. The zero-order valence-electron chi connectivity index (χ0n) is 8.19. The van der Waals surface area contributed by atoms with E-state index in [1.54, 1.807) is 0 Å². The quantitative estimate of drug-likeness (QED) is 0.497. The third kappa shape index (κ3) is 2.74. The van der Waals surface area contributed by atoms with Crippen molar-refractivity contribution in [1.82, 2.24) is 9.13 Å². The Balaban J connectivity index is 4.26. The van der Waals surface area contributed by atoms with Crippen molar-refractivity contribution in [1.29, 1.82) is 0 Å². The molecule has 0 saturated carbocycles. The van der Waals surface area contributed by atoms with Crippen molar-refractivity contribution in [3.63, 3.8) is 0 Å². The van der Waals surface area contributed by atoms with Crippen LogP contribution in [-0.4, -0.2) is 45.0 Å². The fourth-order valence-electron chi connectivity index (χ4n) is 1.17. The van der Waals surface area contributed by atoms with E-state index in [9.17, 15) is 0 Å². The molecule has 0 saturated heterocycles. The average Bonchev–Trinajstić information content (AvgIpc) is 1.87. The lowest BCUT2D eigenvalue weighted by atomic mass is 10.6. The molecule has 0 amide bonds. The van der Waals surface area contributed by atoms with E-state index in [0.29, 0.717) is 0 Å². The van der Waals surface area contributed by atoms with Gasteiger partial charge in [-0.1, -0.05) is 13.3 Å². The van der Waals surface area contributed by atoms with Crippen molar-refractivity contribution in [2.24, 2.45) is 0 Å². The van der Waals surface area contributed by atoms with Crippen LogP contribution in [-0.2, 0) is 0 Å². The van der Waals surface area contributed by atoms with Crippen LogP contribution in [0.5, 0.6) is 0 Å². The van der Waals surface area contributed by atoms with E-state index in [4.69, 9.17) is 11.1 Å². The van der Waals surface area contributed by atoms with Gasteiger partial charge in [-0.25, -0.2) is 0 Å². The summed E-state index contributed by atoms with van der Waals surface area (Å²) in [5.41, 5.74) is 0. The van der Waals surface area contributed by atoms with Crippen LogP contribution in [0.3, 0.4) is 0 Å². The molecule has 0 rings (SSSR count). The van der Waals surface area contributed by atoms with Gasteiger partial charge in [-0.15, -0.1) is 11.1 Å². The van der Waals surface area contributed by atoms with E-state index in [-0.39, 0.29) is 0 Å². The Morgan fingerprint density at radius 1 is 1.09 bits per heavy atom. The smallest absolute Gasteiger partial charge is 0.305 e. The predicted octanol–water partition coefficient (Wildman–Crippen LogP) is 1.70. The van der Waals surface area contributed by atoms with Crippen molar-refractivity contribution >= 4 is 18.8 Å². The van der Waals surface area contributed by atoms with Crippen LogP contribution in [0.4, 0.5) is 0 Å². The lowest BCUT2D eigenvalue weighted by Crippen LogP contribution is -2.56. The second-order valence-corrected chi connectivity index (χ2v) is 8.80. The summed E-state index contributed by atoms with van der Waals surface area (Å²) in [6.07, 6.45) is 1.16. The Hall–Kier alpha value is 0.427. The maximum absolute atomic E-state index is 6.50. The summed E-state index contributed by atoms with van der Waals surface area (Å²) in [4.78, 5) is 0. The second-order valence-electron chi connectivity index (χ2n) is 3.26. The maximum Gasteiger partial charge on any atom is 0.306 e. The van der Waals surface area contributed by atoms with E-state index >= 15 is 0 Å². The van der Waals surface area contributed by atoms with Gasteiger partial charge in [0.2, 0.25) is 0 Å². The summed E-state index contributed by atoms with van der Waals surface area (Å²) < 4.78 is 4.36. The summed E-state index contributed by atoms with van der Waals surface area (Å²) in [6.45, 7) is 2.18. The third-order valence-electron chi connectivity index (χ3n) is 1.94. The summed E-state index contributed by atoms with van der Waals surface area (Å²) in [6, 6.07) is 1.12. The molecule has 0 aliphatic carbocycles. The Morgan fingerprint density at radius 2 is 1.45 bits per heavy atom. The van der Waals surface area contributed by atoms with E-state index in [0.717, 1.165) is 12.5 Å². The van der Waals surface area contributed by atoms with Crippen LogP contribution >= 0.6 is 11.1 Å². The number of nitrogens with zero attached hydrogens (tertiary/aromatic N) is 2. The minimum absolute atomic E-state index is 1.12. The molecular formula is C7H19ClN2Si. The molecule has 0 aromatic rings. The largest absolute Gasteiger partial charge is 0.306 e. The summed E-state index contributed by atoms with van der Waals surface area (Å²) >= 11 is 6.50. The highest BCUT2D eigenvalue weighted by molar-refractivity contribution is 7.16. The molecule has 0 aromatic carbocycles. The van der Waals surface area contributed by atoms with Gasteiger partial charge >= 0.3 is 7.71 Å². The molecule has 0 radical (unpaired) electrons. The first-order valence-electron chi connectivity index (χ1n) is 3.99. The molecule has 0 aromatic heterocycles. The van der Waals surface area contributed by atoms with Crippen molar-refractivity contribution in [2.75, 3.05) is 28.2 Å². The first kappa shape index (κ1) is 11.4. The lowest BCUT2D eigenvalue weighted by molar-refractivity contribution is 0.500. The van der Waals surface area contributed by atoms with Gasteiger partial charge in [-0.2, -0.15) is 0 Å². The molecule has 68 valence electrons. The third-order valence-corrected chi connectivity index (χ3v) is 8.41. The van der Waals surface area contributed by atoms with Crippen molar-refractivity contribution in [3.05, 3.63) is 0 Å². The Labute approximate surface area is 76.0 Å². The maximum atomic E-state index is 6.50. The Morgan fingerprint density at radius 3 is 1.55 bits per heavy atom. The topological polar surface area (TPSA) is 6.48 Å². The summed E-state index contributed by atoms with van der Waals surface area (Å²) in [7, 11) is 6.49. The molecule has 0 spiro atoms. The lowest BCUT2D eigenvalue weighted by Gasteiger charge is -2.36. The Bertz CT molecular complexity index is 109. The fourth-order valence-corrected chi connectivity index (χ4v) is 4.06. The highest BCUT2D eigenvalue weighted by Crippen LogP contribution is 2.21. The molecule has 0 N–H and O–H groups in total. The molecule has 0 heterocycles. The molecular weight excluding hydrogens is 176 g/mol. The van der Waals surface area contributed by atoms with Gasteiger partial charge in [-0.05, 0) is 34.2 Å². The van der Waals surface area contributed by atoms with Crippen LogP contribution in [0.15, 0.2) is 0 Å².